The van der Waals surface area contributed by atoms with Gasteiger partial charge in [-0.15, -0.1) is 11.8 Å². The maximum Gasteiger partial charge on any atom is 0.336 e. The molecule has 3 amide bonds. The van der Waals surface area contributed by atoms with Crippen molar-refractivity contribution in [2.75, 3.05) is 5.75 Å². The number of benzene rings is 1. The maximum absolute atomic E-state index is 11.6. The zero-order chi connectivity index (χ0) is 15.4. The fraction of sp³-hybridized carbons (Fsp3) is 0.308. The van der Waals surface area contributed by atoms with Crippen LogP contribution in [0.25, 0.3) is 0 Å². The molecule has 1 aromatic rings. The standard InChI is InChI=1S/C13H13BrN2O4S/c14-10-4-3-8(5-9(10)12(18)19)21-6-11(17)16-13(20)15-7-1-2-7/h3-5,7H,1-2,6H2,(H,18,19)(H2,15,16,17,20). The number of rotatable bonds is 5. The highest BCUT2D eigenvalue weighted by Crippen LogP contribution is 2.25. The van der Waals surface area contributed by atoms with Crippen LogP contribution in [0, 0.1) is 0 Å². The summed E-state index contributed by atoms with van der Waals surface area (Å²) in [5.41, 5.74) is 0.131. The summed E-state index contributed by atoms with van der Waals surface area (Å²) in [6.07, 6.45) is 1.90. The van der Waals surface area contributed by atoms with Gasteiger partial charge in [-0.2, -0.15) is 0 Å². The van der Waals surface area contributed by atoms with Gasteiger partial charge >= 0.3 is 12.0 Å². The van der Waals surface area contributed by atoms with Gasteiger partial charge in [-0.1, -0.05) is 0 Å². The van der Waals surface area contributed by atoms with Crippen molar-refractivity contribution in [1.29, 1.82) is 0 Å². The molecule has 21 heavy (non-hydrogen) atoms. The predicted octanol–water partition coefficient (Wildman–Crippen LogP) is 2.23. The number of amides is 3. The van der Waals surface area contributed by atoms with Crippen molar-refractivity contribution in [3.05, 3.63) is 28.2 Å². The third-order valence-corrected chi connectivity index (χ3v) is 4.39. The number of aromatic carboxylic acids is 1. The number of urea groups is 1. The van der Waals surface area contributed by atoms with E-state index in [-0.39, 0.29) is 17.4 Å². The number of carboxylic acid groups (broad SMARTS) is 1. The highest BCUT2D eigenvalue weighted by Gasteiger charge is 2.23. The van der Waals surface area contributed by atoms with Gasteiger partial charge in [0.05, 0.1) is 11.3 Å². The summed E-state index contributed by atoms with van der Waals surface area (Å²) in [5.74, 6) is -1.42. The molecule has 0 aromatic heterocycles. The Kier molecular flexibility index (Phi) is 5.24. The first-order chi connectivity index (χ1) is 9.95. The molecule has 0 saturated heterocycles. The number of halogens is 1. The quantitative estimate of drug-likeness (QED) is 0.688. The highest BCUT2D eigenvalue weighted by atomic mass is 79.9. The van der Waals surface area contributed by atoms with Gasteiger partial charge in [0.2, 0.25) is 5.91 Å². The van der Waals surface area contributed by atoms with E-state index in [1.165, 1.54) is 17.8 Å². The summed E-state index contributed by atoms with van der Waals surface area (Å²) < 4.78 is 0.479. The van der Waals surface area contributed by atoms with E-state index in [1.807, 2.05) is 0 Å². The zero-order valence-corrected chi connectivity index (χ0v) is 13.3. The zero-order valence-electron chi connectivity index (χ0n) is 10.9. The monoisotopic (exact) mass is 372 g/mol. The van der Waals surface area contributed by atoms with Crippen LogP contribution in [0.1, 0.15) is 23.2 Å². The van der Waals surface area contributed by atoms with Gasteiger partial charge in [-0.3, -0.25) is 10.1 Å². The summed E-state index contributed by atoms with van der Waals surface area (Å²) in [7, 11) is 0. The van der Waals surface area contributed by atoms with E-state index in [9.17, 15) is 14.4 Å². The van der Waals surface area contributed by atoms with Crippen molar-refractivity contribution < 1.29 is 19.5 Å². The molecular weight excluding hydrogens is 360 g/mol. The smallest absolute Gasteiger partial charge is 0.336 e. The van der Waals surface area contributed by atoms with E-state index < -0.39 is 17.9 Å². The van der Waals surface area contributed by atoms with E-state index in [4.69, 9.17) is 5.11 Å². The molecule has 1 fully saturated rings. The SMILES string of the molecule is O=C(CSc1ccc(Br)c(C(=O)O)c1)NC(=O)NC1CC1. The lowest BCUT2D eigenvalue weighted by molar-refractivity contribution is -0.117. The minimum atomic E-state index is -1.04. The Bertz CT molecular complexity index is 590. The van der Waals surface area contributed by atoms with Gasteiger partial charge in [0.25, 0.3) is 0 Å². The van der Waals surface area contributed by atoms with Gasteiger partial charge < -0.3 is 10.4 Å². The van der Waals surface area contributed by atoms with E-state index in [0.29, 0.717) is 9.37 Å². The van der Waals surface area contributed by atoms with Crippen molar-refractivity contribution >= 4 is 45.6 Å². The van der Waals surface area contributed by atoms with Gasteiger partial charge in [0, 0.05) is 15.4 Å². The number of carbonyl (C=O) groups is 3. The molecule has 8 heteroatoms. The lowest BCUT2D eigenvalue weighted by atomic mass is 10.2. The van der Waals surface area contributed by atoms with E-state index in [1.54, 1.807) is 12.1 Å². The third-order valence-electron chi connectivity index (χ3n) is 2.70. The molecule has 112 valence electrons. The average Bonchev–Trinajstić information content (AvgIpc) is 3.21. The third kappa shape index (κ3) is 5.05. The first kappa shape index (κ1) is 15.8. The van der Waals surface area contributed by atoms with Crippen LogP contribution in [0.15, 0.2) is 27.6 Å². The summed E-state index contributed by atoms with van der Waals surface area (Å²) in [5, 5.41) is 13.9. The van der Waals surface area contributed by atoms with Crippen molar-refractivity contribution in [3.63, 3.8) is 0 Å². The van der Waals surface area contributed by atoms with Crippen LogP contribution < -0.4 is 10.6 Å². The number of nitrogens with one attached hydrogen (secondary N) is 2. The van der Waals surface area contributed by atoms with Crippen molar-refractivity contribution in [3.8, 4) is 0 Å². The fourth-order valence-electron chi connectivity index (χ4n) is 1.52. The Morgan fingerprint density at radius 3 is 2.67 bits per heavy atom. The average molecular weight is 373 g/mol. The summed E-state index contributed by atoms with van der Waals surface area (Å²) in [6.45, 7) is 0. The molecule has 0 heterocycles. The summed E-state index contributed by atoms with van der Waals surface area (Å²) in [6, 6.07) is 4.51. The molecule has 1 aliphatic carbocycles. The summed E-state index contributed by atoms with van der Waals surface area (Å²) >= 11 is 4.32. The lowest BCUT2D eigenvalue weighted by Crippen LogP contribution is -2.41. The van der Waals surface area contributed by atoms with Crippen LogP contribution in [0.5, 0.6) is 0 Å². The Morgan fingerprint density at radius 2 is 2.05 bits per heavy atom. The lowest BCUT2D eigenvalue weighted by Gasteiger charge is -2.06. The molecule has 0 radical (unpaired) electrons. The second-order valence-electron chi connectivity index (χ2n) is 4.53. The molecule has 1 saturated carbocycles. The fourth-order valence-corrected chi connectivity index (χ4v) is 2.67. The molecule has 2 rings (SSSR count). The first-order valence-electron chi connectivity index (χ1n) is 6.21. The number of hydrogen-bond acceptors (Lipinski definition) is 4. The first-order valence-corrected chi connectivity index (χ1v) is 7.99. The van der Waals surface area contributed by atoms with Crippen LogP contribution >= 0.6 is 27.7 Å². The molecule has 6 nitrogen and oxygen atoms in total. The van der Waals surface area contributed by atoms with Gasteiger partial charge in [-0.25, -0.2) is 9.59 Å². The van der Waals surface area contributed by atoms with Crippen LogP contribution in [0.3, 0.4) is 0 Å². The highest BCUT2D eigenvalue weighted by molar-refractivity contribution is 9.10. The largest absolute Gasteiger partial charge is 0.478 e. The van der Waals surface area contributed by atoms with E-state index in [0.717, 1.165) is 12.8 Å². The Hall–Kier alpha value is -1.54. The van der Waals surface area contributed by atoms with Crippen LogP contribution in [-0.4, -0.2) is 34.8 Å². The number of thioether (sulfide) groups is 1. The second-order valence-corrected chi connectivity index (χ2v) is 6.43. The summed E-state index contributed by atoms with van der Waals surface area (Å²) in [4.78, 5) is 34.6. The number of carbonyl (C=O) groups excluding carboxylic acids is 2. The second kappa shape index (κ2) is 6.95. The molecule has 1 aliphatic rings. The molecule has 0 spiro atoms. The minimum Gasteiger partial charge on any atom is -0.478 e. The van der Waals surface area contributed by atoms with Crippen molar-refractivity contribution in [2.24, 2.45) is 0 Å². The number of carboxylic acids is 1. The molecule has 0 atom stereocenters. The van der Waals surface area contributed by atoms with Gasteiger partial charge in [-0.05, 0) is 47.0 Å². The van der Waals surface area contributed by atoms with Crippen molar-refractivity contribution in [1.82, 2.24) is 10.6 Å². The van der Waals surface area contributed by atoms with E-state index in [2.05, 4.69) is 26.6 Å². The molecule has 0 aliphatic heterocycles. The number of hydrogen-bond donors (Lipinski definition) is 3. The van der Waals surface area contributed by atoms with Gasteiger partial charge in [0.1, 0.15) is 0 Å². The maximum atomic E-state index is 11.6. The molecular formula is C13H13BrN2O4S. The Labute approximate surface area is 133 Å². The molecule has 1 aromatic carbocycles. The normalized spacial score (nSPS) is 13.6. The van der Waals surface area contributed by atoms with E-state index >= 15 is 0 Å². The van der Waals surface area contributed by atoms with Crippen LogP contribution in [0.2, 0.25) is 0 Å². The Morgan fingerprint density at radius 1 is 1.33 bits per heavy atom. The van der Waals surface area contributed by atoms with Crippen LogP contribution in [0.4, 0.5) is 4.79 Å². The number of imide groups is 1. The topological polar surface area (TPSA) is 95.5 Å². The predicted molar refractivity (Wildman–Crippen MR) is 81.5 cm³/mol. The Balaban J connectivity index is 1.84. The molecule has 0 bridgehead atoms. The van der Waals surface area contributed by atoms with Gasteiger partial charge in [0.15, 0.2) is 0 Å². The molecule has 3 N–H and O–H groups in total. The van der Waals surface area contributed by atoms with Crippen LogP contribution in [-0.2, 0) is 4.79 Å². The minimum absolute atomic E-state index is 0.0405. The molecule has 0 unspecified atom stereocenters. The van der Waals surface area contributed by atoms with Crippen molar-refractivity contribution in [2.45, 2.75) is 23.8 Å².